The molecule has 0 aliphatic carbocycles. The molecule has 0 aliphatic rings. The van der Waals surface area contributed by atoms with Crippen LogP contribution in [0.2, 0.25) is 0 Å². The van der Waals surface area contributed by atoms with E-state index in [1.807, 2.05) is 24.3 Å². The van der Waals surface area contributed by atoms with Crippen LogP contribution < -0.4 is 31.4 Å². The Morgan fingerprint density at radius 2 is 0.625 bits per heavy atom. The number of benzene rings is 4. The molecule has 4 aromatic carbocycles. The van der Waals surface area contributed by atoms with Gasteiger partial charge in [0.2, 0.25) is 0 Å². The fraction of sp³-hybridized carbons (Fsp3) is 0.0769. The SMILES string of the molecule is S=P(NCCNP(=S)(c1ccccc1)c1ccccc1)(c1ccccc1)c1ccccc1. The van der Waals surface area contributed by atoms with E-state index in [2.05, 4.69) is 107 Å². The fourth-order valence-corrected chi connectivity index (χ4v) is 10.2. The number of rotatable bonds is 9. The molecule has 0 spiro atoms. The zero-order valence-corrected chi connectivity index (χ0v) is 21.1. The molecule has 0 saturated heterocycles. The van der Waals surface area contributed by atoms with E-state index in [0.717, 1.165) is 13.1 Å². The molecule has 0 amide bonds. The van der Waals surface area contributed by atoms with E-state index in [1.165, 1.54) is 21.2 Å². The Labute approximate surface area is 201 Å². The van der Waals surface area contributed by atoms with E-state index in [4.69, 9.17) is 23.6 Å². The first-order valence-electron chi connectivity index (χ1n) is 10.6. The van der Waals surface area contributed by atoms with Gasteiger partial charge in [0.1, 0.15) is 0 Å². The summed E-state index contributed by atoms with van der Waals surface area (Å²) in [6.07, 6.45) is -4.26. The molecule has 4 aromatic rings. The summed E-state index contributed by atoms with van der Waals surface area (Å²) in [6.45, 7) is 1.47. The average molecular weight is 493 g/mol. The second-order valence-corrected chi connectivity index (χ2v) is 15.8. The van der Waals surface area contributed by atoms with E-state index >= 15 is 0 Å². The van der Waals surface area contributed by atoms with Crippen molar-refractivity contribution in [1.29, 1.82) is 0 Å². The van der Waals surface area contributed by atoms with Crippen LogP contribution in [0.1, 0.15) is 0 Å². The summed E-state index contributed by atoms with van der Waals surface area (Å²) in [5, 5.41) is 12.2. The summed E-state index contributed by atoms with van der Waals surface area (Å²) in [5.41, 5.74) is 0. The second-order valence-electron chi connectivity index (χ2n) is 7.38. The molecule has 0 heterocycles. The quantitative estimate of drug-likeness (QED) is 0.269. The summed E-state index contributed by atoms with van der Waals surface area (Å²) in [7, 11) is 0. The maximum absolute atomic E-state index is 6.28. The van der Waals surface area contributed by atoms with Crippen LogP contribution in [0.25, 0.3) is 0 Å². The molecule has 0 bridgehead atoms. The van der Waals surface area contributed by atoms with Gasteiger partial charge in [0.25, 0.3) is 0 Å². The van der Waals surface area contributed by atoms with Gasteiger partial charge in [-0.15, -0.1) is 0 Å². The zero-order chi connectivity index (χ0) is 22.3. The molecule has 162 valence electrons. The molecule has 32 heavy (non-hydrogen) atoms. The first-order chi connectivity index (χ1) is 15.6. The Kier molecular flexibility index (Phi) is 7.86. The lowest BCUT2D eigenvalue weighted by atomic mass is 10.4. The van der Waals surface area contributed by atoms with Crippen LogP contribution in [-0.2, 0) is 23.6 Å². The zero-order valence-electron chi connectivity index (χ0n) is 17.7. The van der Waals surface area contributed by atoms with Crippen LogP contribution in [0.5, 0.6) is 0 Å². The van der Waals surface area contributed by atoms with Crippen molar-refractivity contribution in [1.82, 2.24) is 10.2 Å². The topological polar surface area (TPSA) is 24.1 Å². The summed E-state index contributed by atoms with van der Waals surface area (Å²) >= 11 is 12.6. The van der Waals surface area contributed by atoms with Gasteiger partial charge in [0.05, 0.1) is 12.4 Å². The Morgan fingerprint density at radius 1 is 0.406 bits per heavy atom. The molecular weight excluding hydrogens is 466 g/mol. The van der Waals surface area contributed by atoms with Gasteiger partial charge in [-0.05, 0) is 0 Å². The van der Waals surface area contributed by atoms with E-state index in [1.54, 1.807) is 0 Å². The van der Waals surface area contributed by atoms with Crippen LogP contribution >= 0.6 is 12.4 Å². The Bertz CT molecular complexity index is 1030. The molecule has 0 fully saturated rings. The third-order valence-corrected chi connectivity index (χ3v) is 14.0. The first kappa shape index (κ1) is 23.3. The number of nitrogens with one attached hydrogen (secondary N) is 2. The largest absolute Gasteiger partial charge is 0.281 e. The third-order valence-electron chi connectivity index (χ3n) is 5.27. The number of hydrogen-bond donors (Lipinski definition) is 2. The number of hydrogen-bond acceptors (Lipinski definition) is 2. The molecule has 0 saturated carbocycles. The highest BCUT2D eigenvalue weighted by atomic mass is 32.4. The normalized spacial score (nSPS) is 11.9. The predicted octanol–water partition coefficient (Wildman–Crippen LogP) is 4.26. The maximum Gasteiger partial charge on any atom is 0.0684 e. The Hall–Kier alpha value is -1.90. The van der Waals surface area contributed by atoms with Crippen molar-refractivity contribution in [3.05, 3.63) is 121 Å². The lowest BCUT2D eigenvalue weighted by molar-refractivity contribution is 0.861. The summed E-state index contributed by atoms with van der Waals surface area (Å²) in [6, 6.07) is 41.7. The highest BCUT2D eigenvalue weighted by molar-refractivity contribution is 8.21. The van der Waals surface area contributed by atoms with Crippen LogP contribution in [-0.4, -0.2) is 13.1 Å². The molecule has 2 N–H and O–H groups in total. The summed E-state index contributed by atoms with van der Waals surface area (Å²) < 4.78 is 0. The molecular formula is C26H26N2P2S2. The molecule has 6 heteroatoms. The lowest BCUT2D eigenvalue weighted by Crippen LogP contribution is -2.35. The van der Waals surface area contributed by atoms with Gasteiger partial charge in [-0.1, -0.05) is 145 Å². The molecule has 0 radical (unpaired) electrons. The van der Waals surface area contributed by atoms with Crippen LogP contribution in [0.15, 0.2) is 121 Å². The summed E-state index contributed by atoms with van der Waals surface area (Å²) in [4.78, 5) is 0. The summed E-state index contributed by atoms with van der Waals surface area (Å²) in [5.74, 6) is 0. The standard InChI is InChI=1S/C26H26N2P2S2/c31-29(23-13-5-1-6-14-23,24-15-7-2-8-16-24)27-21-22-28-30(32,25-17-9-3-10-18-25)26-19-11-4-12-20-26/h1-20H,21-22H2,(H,27,31)(H,28,32). The van der Waals surface area contributed by atoms with Gasteiger partial charge in [-0.2, -0.15) is 0 Å². The lowest BCUT2D eigenvalue weighted by Gasteiger charge is -2.27. The predicted molar refractivity (Wildman–Crippen MR) is 149 cm³/mol. The van der Waals surface area contributed by atoms with Crippen LogP contribution in [0, 0.1) is 0 Å². The molecule has 0 aliphatic heterocycles. The van der Waals surface area contributed by atoms with Gasteiger partial charge < -0.3 is 0 Å². The maximum atomic E-state index is 6.28. The molecule has 2 nitrogen and oxygen atoms in total. The van der Waals surface area contributed by atoms with Crippen molar-refractivity contribution in [3.63, 3.8) is 0 Å². The molecule has 4 rings (SSSR count). The van der Waals surface area contributed by atoms with Crippen molar-refractivity contribution in [2.24, 2.45) is 0 Å². The highest BCUT2D eigenvalue weighted by Crippen LogP contribution is 2.40. The van der Waals surface area contributed by atoms with Crippen LogP contribution in [0.3, 0.4) is 0 Å². The third kappa shape index (κ3) is 5.18. The smallest absolute Gasteiger partial charge is 0.0684 e. The fourth-order valence-electron chi connectivity index (χ4n) is 3.64. The minimum atomic E-state index is -2.13. The Balaban J connectivity index is 1.55. The van der Waals surface area contributed by atoms with Gasteiger partial charge in [0, 0.05) is 34.3 Å². The second kappa shape index (κ2) is 10.8. The monoisotopic (exact) mass is 492 g/mol. The van der Waals surface area contributed by atoms with Gasteiger partial charge in [0.15, 0.2) is 0 Å². The minimum Gasteiger partial charge on any atom is -0.281 e. The molecule has 0 unspecified atom stereocenters. The average Bonchev–Trinajstić information content (AvgIpc) is 2.88. The van der Waals surface area contributed by atoms with E-state index in [0.29, 0.717) is 0 Å². The van der Waals surface area contributed by atoms with Crippen molar-refractivity contribution < 1.29 is 0 Å². The molecule has 0 aromatic heterocycles. The van der Waals surface area contributed by atoms with E-state index < -0.39 is 12.4 Å². The minimum absolute atomic E-state index is 0.735. The first-order valence-corrected chi connectivity index (χ1v) is 16.2. The van der Waals surface area contributed by atoms with E-state index in [-0.39, 0.29) is 0 Å². The van der Waals surface area contributed by atoms with Crippen molar-refractivity contribution in [2.45, 2.75) is 0 Å². The van der Waals surface area contributed by atoms with Gasteiger partial charge >= 0.3 is 0 Å². The van der Waals surface area contributed by atoms with Crippen molar-refractivity contribution in [2.75, 3.05) is 13.1 Å². The van der Waals surface area contributed by atoms with Crippen molar-refractivity contribution in [3.8, 4) is 0 Å². The highest BCUT2D eigenvalue weighted by Gasteiger charge is 2.24. The molecule has 0 atom stereocenters. The van der Waals surface area contributed by atoms with Crippen molar-refractivity contribution >= 4 is 57.2 Å². The van der Waals surface area contributed by atoms with Crippen LogP contribution in [0.4, 0.5) is 0 Å². The van der Waals surface area contributed by atoms with E-state index in [9.17, 15) is 0 Å². The Morgan fingerprint density at radius 3 is 0.844 bits per heavy atom. The van der Waals surface area contributed by atoms with Gasteiger partial charge in [-0.25, -0.2) is 0 Å². The van der Waals surface area contributed by atoms with Gasteiger partial charge in [-0.3, -0.25) is 10.2 Å².